The SMILES string of the molecule is Oc1cccc(Cl)c1CNCCN1CCCCCC1. The molecule has 0 amide bonds. The van der Waals surface area contributed by atoms with E-state index < -0.39 is 0 Å². The Kier molecular flexibility index (Phi) is 5.95. The molecule has 19 heavy (non-hydrogen) atoms. The van der Waals surface area contributed by atoms with Crippen LogP contribution in [0.25, 0.3) is 0 Å². The van der Waals surface area contributed by atoms with Gasteiger partial charge in [0.25, 0.3) is 0 Å². The Labute approximate surface area is 120 Å². The molecule has 1 aromatic rings. The minimum atomic E-state index is 0.273. The van der Waals surface area contributed by atoms with Gasteiger partial charge in [-0.1, -0.05) is 30.5 Å². The number of aromatic hydroxyl groups is 1. The zero-order chi connectivity index (χ0) is 13.5. The molecule has 0 saturated carbocycles. The maximum Gasteiger partial charge on any atom is 0.121 e. The topological polar surface area (TPSA) is 35.5 Å². The quantitative estimate of drug-likeness (QED) is 0.815. The van der Waals surface area contributed by atoms with Crippen LogP contribution in [0.3, 0.4) is 0 Å². The zero-order valence-electron chi connectivity index (χ0n) is 11.4. The monoisotopic (exact) mass is 282 g/mol. The number of likely N-dealkylation sites (tertiary alicyclic amines) is 1. The molecule has 2 N–H and O–H groups in total. The van der Waals surface area contributed by atoms with Crippen molar-refractivity contribution in [2.24, 2.45) is 0 Å². The molecule has 1 aliphatic rings. The lowest BCUT2D eigenvalue weighted by Crippen LogP contribution is -2.32. The van der Waals surface area contributed by atoms with Gasteiger partial charge in [0.05, 0.1) is 0 Å². The van der Waals surface area contributed by atoms with Gasteiger partial charge in [0.15, 0.2) is 0 Å². The van der Waals surface area contributed by atoms with Crippen molar-refractivity contribution >= 4 is 11.6 Å². The molecule has 1 fully saturated rings. The van der Waals surface area contributed by atoms with Crippen LogP contribution in [-0.4, -0.2) is 36.2 Å². The number of hydrogen-bond acceptors (Lipinski definition) is 3. The average Bonchev–Trinajstić information content (AvgIpc) is 2.66. The van der Waals surface area contributed by atoms with Gasteiger partial charge in [-0.25, -0.2) is 0 Å². The lowest BCUT2D eigenvalue weighted by atomic mass is 10.2. The molecule has 0 atom stereocenters. The van der Waals surface area contributed by atoms with E-state index in [4.69, 9.17) is 11.6 Å². The van der Waals surface area contributed by atoms with Crippen LogP contribution in [0.2, 0.25) is 5.02 Å². The molecule has 0 aromatic heterocycles. The summed E-state index contributed by atoms with van der Waals surface area (Å²) in [6.07, 6.45) is 5.39. The number of nitrogens with zero attached hydrogens (tertiary/aromatic N) is 1. The van der Waals surface area contributed by atoms with E-state index in [1.165, 1.54) is 38.8 Å². The summed E-state index contributed by atoms with van der Waals surface area (Å²) in [5.41, 5.74) is 0.792. The molecule has 4 heteroatoms. The third-order valence-corrected chi connectivity index (χ3v) is 4.05. The molecule has 1 saturated heterocycles. The number of nitrogens with one attached hydrogen (secondary N) is 1. The Morgan fingerprint density at radius 1 is 1.16 bits per heavy atom. The van der Waals surface area contributed by atoms with Crippen LogP contribution in [0.4, 0.5) is 0 Å². The molecular formula is C15H23ClN2O. The second-order valence-corrected chi connectivity index (χ2v) is 5.58. The predicted molar refractivity (Wildman–Crippen MR) is 79.7 cm³/mol. The van der Waals surface area contributed by atoms with Gasteiger partial charge in [-0.15, -0.1) is 0 Å². The predicted octanol–water partition coefficient (Wildman–Crippen LogP) is 3.01. The first kappa shape index (κ1) is 14.6. The van der Waals surface area contributed by atoms with E-state index in [-0.39, 0.29) is 5.75 Å². The highest BCUT2D eigenvalue weighted by Crippen LogP contribution is 2.24. The van der Waals surface area contributed by atoms with E-state index in [9.17, 15) is 5.11 Å². The maximum absolute atomic E-state index is 9.74. The molecule has 1 aliphatic heterocycles. The Bertz CT molecular complexity index is 369. The van der Waals surface area contributed by atoms with Crippen molar-refractivity contribution in [3.05, 3.63) is 28.8 Å². The van der Waals surface area contributed by atoms with Crippen molar-refractivity contribution < 1.29 is 5.11 Å². The summed E-state index contributed by atoms with van der Waals surface area (Å²) in [7, 11) is 0. The molecule has 0 bridgehead atoms. The molecule has 106 valence electrons. The van der Waals surface area contributed by atoms with Gasteiger partial charge in [0, 0.05) is 30.2 Å². The highest BCUT2D eigenvalue weighted by molar-refractivity contribution is 6.31. The van der Waals surface area contributed by atoms with Gasteiger partial charge in [-0.2, -0.15) is 0 Å². The summed E-state index contributed by atoms with van der Waals surface area (Å²) in [5, 5.41) is 13.7. The molecule has 0 unspecified atom stereocenters. The summed E-state index contributed by atoms with van der Waals surface area (Å²) in [6, 6.07) is 5.25. The van der Waals surface area contributed by atoms with Crippen molar-refractivity contribution in [2.45, 2.75) is 32.2 Å². The van der Waals surface area contributed by atoms with Crippen molar-refractivity contribution in [1.29, 1.82) is 0 Å². The third kappa shape index (κ3) is 4.68. The van der Waals surface area contributed by atoms with Gasteiger partial charge in [0.2, 0.25) is 0 Å². The van der Waals surface area contributed by atoms with Crippen LogP contribution in [0, 0.1) is 0 Å². The van der Waals surface area contributed by atoms with E-state index >= 15 is 0 Å². The molecule has 0 radical (unpaired) electrons. The minimum absolute atomic E-state index is 0.273. The van der Waals surface area contributed by atoms with Crippen LogP contribution in [0.5, 0.6) is 5.75 Å². The fraction of sp³-hybridized carbons (Fsp3) is 0.600. The van der Waals surface area contributed by atoms with Crippen molar-refractivity contribution in [3.8, 4) is 5.75 Å². The number of halogens is 1. The van der Waals surface area contributed by atoms with Crippen molar-refractivity contribution in [3.63, 3.8) is 0 Å². The first-order valence-corrected chi connectivity index (χ1v) is 7.54. The van der Waals surface area contributed by atoms with Crippen LogP contribution in [0.1, 0.15) is 31.2 Å². The highest BCUT2D eigenvalue weighted by atomic mass is 35.5. The summed E-state index contributed by atoms with van der Waals surface area (Å²) in [6.45, 7) is 5.08. The standard InChI is InChI=1S/C15H23ClN2O/c16-14-6-5-7-15(19)13(14)12-17-8-11-18-9-3-1-2-4-10-18/h5-7,17,19H,1-4,8-12H2. The number of phenolic OH excluding ortho intramolecular Hbond substituents is 1. The highest BCUT2D eigenvalue weighted by Gasteiger charge is 2.09. The van der Waals surface area contributed by atoms with Gasteiger partial charge >= 0.3 is 0 Å². The van der Waals surface area contributed by atoms with E-state index in [0.29, 0.717) is 11.6 Å². The lowest BCUT2D eigenvalue weighted by Gasteiger charge is -2.20. The fourth-order valence-corrected chi connectivity index (χ4v) is 2.77. The van der Waals surface area contributed by atoms with E-state index in [1.54, 1.807) is 12.1 Å². The lowest BCUT2D eigenvalue weighted by molar-refractivity contribution is 0.284. The molecule has 2 rings (SSSR count). The normalized spacial score (nSPS) is 17.3. The first-order valence-electron chi connectivity index (χ1n) is 7.17. The smallest absolute Gasteiger partial charge is 0.121 e. The molecule has 1 aromatic carbocycles. The Hall–Kier alpha value is -0.770. The molecule has 0 spiro atoms. The number of hydrogen-bond donors (Lipinski definition) is 2. The summed E-state index contributed by atoms with van der Waals surface area (Å²) < 4.78 is 0. The summed E-state index contributed by atoms with van der Waals surface area (Å²) in [4.78, 5) is 2.52. The van der Waals surface area contributed by atoms with Gasteiger partial charge in [-0.3, -0.25) is 0 Å². The Morgan fingerprint density at radius 2 is 1.89 bits per heavy atom. The number of phenols is 1. The second kappa shape index (κ2) is 7.73. The molecular weight excluding hydrogens is 260 g/mol. The Morgan fingerprint density at radius 3 is 2.58 bits per heavy atom. The Balaban J connectivity index is 1.71. The van der Waals surface area contributed by atoms with Gasteiger partial charge in [-0.05, 0) is 38.1 Å². The van der Waals surface area contributed by atoms with Crippen LogP contribution in [0.15, 0.2) is 18.2 Å². The van der Waals surface area contributed by atoms with Gasteiger partial charge in [0.1, 0.15) is 5.75 Å². The van der Waals surface area contributed by atoms with E-state index in [0.717, 1.165) is 18.7 Å². The summed E-state index contributed by atoms with van der Waals surface area (Å²) >= 11 is 6.07. The number of rotatable bonds is 5. The van der Waals surface area contributed by atoms with Crippen LogP contribution in [-0.2, 0) is 6.54 Å². The first-order chi connectivity index (χ1) is 9.27. The van der Waals surface area contributed by atoms with Crippen LogP contribution < -0.4 is 5.32 Å². The summed E-state index contributed by atoms with van der Waals surface area (Å²) in [5.74, 6) is 0.273. The minimum Gasteiger partial charge on any atom is -0.508 e. The average molecular weight is 283 g/mol. The van der Waals surface area contributed by atoms with E-state index in [2.05, 4.69) is 10.2 Å². The second-order valence-electron chi connectivity index (χ2n) is 5.17. The van der Waals surface area contributed by atoms with Crippen molar-refractivity contribution in [1.82, 2.24) is 10.2 Å². The molecule has 1 heterocycles. The molecule has 3 nitrogen and oxygen atoms in total. The molecule has 0 aliphatic carbocycles. The zero-order valence-corrected chi connectivity index (χ0v) is 12.1. The maximum atomic E-state index is 9.74. The van der Waals surface area contributed by atoms with Gasteiger partial charge < -0.3 is 15.3 Å². The fourth-order valence-electron chi connectivity index (χ4n) is 2.53. The van der Waals surface area contributed by atoms with Crippen LogP contribution >= 0.6 is 11.6 Å². The third-order valence-electron chi connectivity index (χ3n) is 3.70. The largest absolute Gasteiger partial charge is 0.508 e. The van der Waals surface area contributed by atoms with Crippen molar-refractivity contribution in [2.75, 3.05) is 26.2 Å². The van der Waals surface area contributed by atoms with E-state index in [1.807, 2.05) is 6.07 Å². The number of benzene rings is 1.